The van der Waals surface area contributed by atoms with Crippen LogP contribution in [-0.4, -0.2) is 4.57 Å². The summed E-state index contributed by atoms with van der Waals surface area (Å²) in [6.07, 6.45) is 4.53. The lowest BCUT2D eigenvalue weighted by Crippen LogP contribution is -2.10. The third kappa shape index (κ3) is 6.23. The second-order valence-corrected chi connectivity index (χ2v) is 15.3. The van der Waals surface area contributed by atoms with Crippen molar-refractivity contribution in [1.29, 1.82) is 0 Å². The molecule has 0 bridgehead atoms. The van der Waals surface area contributed by atoms with E-state index in [0.29, 0.717) is 0 Å². The number of fused-ring (bicyclic) bond motifs is 5. The molecular weight excluding hydrogens is 725 g/mol. The van der Waals surface area contributed by atoms with Gasteiger partial charge in [-0.15, -0.1) is 0 Å². The quantitative estimate of drug-likeness (QED) is 0.110. The van der Waals surface area contributed by atoms with Crippen LogP contribution in [0.15, 0.2) is 231 Å². The SMILES string of the molecule is C(=Cc1cccc2c(-c3ccccc3)c(-c3ccccc3)n(-c3ccc4ccccc4c3)c12)c1ccc(N(c2ccccc2)c2cc3ccccc3c3ccccc23)cc1. The van der Waals surface area contributed by atoms with Crippen molar-refractivity contribution in [2.24, 2.45) is 0 Å². The zero-order valence-electron chi connectivity index (χ0n) is 33.0. The summed E-state index contributed by atoms with van der Waals surface area (Å²) in [6, 6.07) is 83.3. The number of para-hydroxylation sites is 2. The summed E-state index contributed by atoms with van der Waals surface area (Å²) >= 11 is 0. The van der Waals surface area contributed by atoms with E-state index >= 15 is 0 Å². The Morgan fingerprint density at radius 2 is 0.950 bits per heavy atom. The van der Waals surface area contributed by atoms with E-state index in [1.807, 2.05) is 0 Å². The van der Waals surface area contributed by atoms with Gasteiger partial charge in [0.05, 0.1) is 16.9 Å². The summed E-state index contributed by atoms with van der Waals surface area (Å²) in [4.78, 5) is 2.38. The van der Waals surface area contributed by atoms with Crippen molar-refractivity contribution in [3.63, 3.8) is 0 Å². The van der Waals surface area contributed by atoms with Crippen molar-refractivity contribution < 1.29 is 0 Å². The van der Waals surface area contributed by atoms with Gasteiger partial charge in [-0.25, -0.2) is 0 Å². The summed E-state index contributed by atoms with van der Waals surface area (Å²) in [7, 11) is 0. The summed E-state index contributed by atoms with van der Waals surface area (Å²) in [5.41, 5.74) is 12.7. The third-order valence-electron chi connectivity index (χ3n) is 11.7. The highest BCUT2D eigenvalue weighted by Crippen LogP contribution is 2.45. The molecule has 0 fully saturated rings. The highest BCUT2D eigenvalue weighted by atomic mass is 15.1. The molecule has 0 unspecified atom stereocenters. The molecule has 0 radical (unpaired) electrons. The normalized spacial score (nSPS) is 11.6. The molecule has 0 amide bonds. The van der Waals surface area contributed by atoms with Gasteiger partial charge < -0.3 is 9.47 Å². The Kier molecular flexibility index (Phi) is 8.87. The molecule has 0 N–H and O–H groups in total. The highest BCUT2D eigenvalue weighted by Gasteiger charge is 2.23. The number of anilines is 3. The molecule has 0 saturated carbocycles. The first-order chi connectivity index (χ1) is 29.8. The fourth-order valence-electron chi connectivity index (χ4n) is 8.98. The summed E-state index contributed by atoms with van der Waals surface area (Å²) in [6.45, 7) is 0. The monoisotopic (exact) mass is 764 g/mol. The predicted molar refractivity (Wildman–Crippen MR) is 257 cm³/mol. The molecule has 0 aliphatic rings. The van der Waals surface area contributed by atoms with E-state index in [9.17, 15) is 0 Å². The van der Waals surface area contributed by atoms with Crippen molar-refractivity contribution in [3.8, 4) is 28.1 Å². The molecule has 10 aromatic carbocycles. The predicted octanol–water partition coefficient (Wildman–Crippen LogP) is 16.1. The van der Waals surface area contributed by atoms with Crippen LogP contribution >= 0.6 is 0 Å². The first-order valence-corrected chi connectivity index (χ1v) is 20.6. The van der Waals surface area contributed by atoms with Crippen LogP contribution in [0.4, 0.5) is 17.1 Å². The maximum atomic E-state index is 2.48. The minimum Gasteiger partial charge on any atom is -0.310 e. The maximum Gasteiger partial charge on any atom is 0.0619 e. The van der Waals surface area contributed by atoms with Gasteiger partial charge in [-0.3, -0.25) is 0 Å². The maximum absolute atomic E-state index is 2.48. The smallest absolute Gasteiger partial charge is 0.0619 e. The van der Waals surface area contributed by atoms with Crippen molar-refractivity contribution in [3.05, 3.63) is 242 Å². The Balaban J connectivity index is 1.06. The fraction of sp³-hybridized carbons (Fsp3) is 0. The average molecular weight is 765 g/mol. The summed E-state index contributed by atoms with van der Waals surface area (Å²) in [5.74, 6) is 0. The molecule has 1 heterocycles. The van der Waals surface area contributed by atoms with E-state index in [0.717, 1.165) is 33.9 Å². The molecular formula is C58H40N2. The van der Waals surface area contributed by atoms with Crippen LogP contribution < -0.4 is 4.90 Å². The van der Waals surface area contributed by atoms with Crippen molar-refractivity contribution >= 4 is 72.4 Å². The van der Waals surface area contributed by atoms with Crippen LogP contribution in [0.5, 0.6) is 0 Å². The Morgan fingerprint density at radius 3 is 1.70 bits per heavy atom. The van der Waals surface area contributed by atoms with Crippen molar-refractivity contribution in [2.45, 2.75) is 0 Å². The van der Waals surface area contributed by atoms with Gasteiger partial charge in [0, 0.05) is 33.4 Å². The number of hydrogen-bond acceptors (Lipinski definition) is 1. The molecule has 0 aliphatic carbocycles. The third-order valence-corrected chi connectivity index (χ3v) is 11.7. The van der Waals surface area contributed by atoms with E-state index < -0.39 is 0 Å². The number of nitrogens with zero attached hydrogens (tertiary/aromatic N) is 2. The zero-order valence-corrected chi connectivity index (χ0v) is 33.0. The molecule has 2 nitrogen and oxygen atoms in total. The van der Waals surface area contributed by atoms with E-state index in [4.69, 9.17) is 0 Å². The lowest BCUT2D eigenvalue weighted by atomic mass is 9.97. The topological polar surface area (TPSA) is 8.17 Å². The number of aromatic nitrogens is 1. The molecule has 0 spiro atoms. The molecule has 60 heavy (non-hydrogen) atoms. The van der Waals surface area contributed by atoms with Crippen LogP contribution in [0.3, 0.4) is 0 Å². The Bertz CT molecular complexity index is 3340. The lowest BCUT2D eigenvalue weighted by Gasteiger charge is -2.27. The Hall–Kier alpha value is -7.94. The second kappa shape index (κ2) is 15.1. The van der Waals surface area contributed by atoms with Crippen LogP contribution in [0.25, 0.3) is 83.4 Å². The second-order valence-electron chi connectivity index (χ2n) is 15.3. The Morgan fingerprint density at radius 1 is 0.367 bits per heavy atom. The molecule has 1 aromatic heterocycles. The van der Waals surface area contributed by atoms with E-state index in [2.05, 4.69) is 252 Å². The summed E-state index contributed by atoms with van der Waals surface area (Å²) in [5, 5.41) is 8.61. The minimum atomic E-state index is 1.10. The molecule has 2 heteroatoms. The van der Waals surface area contributed by atoms with Crippen LogP contribution in [-0.2, 0) is 0 Å². The summed E-state index contributed by atoms with van der Waals surface area (Å²) < 4.78 is 2.48. The van der Waals surface area contributed by atoms with Gasteiger partial charge in [-0.2, -0.15) is 0 Å². The van der Waals surface area contributed by atoms with Gasteiger partial charge in [0.1, 0.15) is 0 Å². The number of rotatable bonds is 8. The van der Waals surface area contributed by atoms with Crippen LogP contribution in [0.2, 0.25) is 0 Å². The number of benzene rings is 10. The first kappa shape index (κ1) is 35.2. The van der Waals surface area contributed by atoms with Crippen LogP contribution in [0, 0.1) is 0 Å². The van der Waals surface area contributed by atoms with E-state index in [1.165, 1.54) is 65.6 Å². The lowest BCUT2D eigenvalue weighted by molar-refractivity contribution is 1.14. The first-order valence-electron chi connectivity index (χ1n) is 20.6. The molecule has 0 aliphatic heterocycles. The molecule has 11 rings (SSSR count). The van der Waals surface area contributed by atoms with Gasteiger partial charge in [0.15, 0.2) is 0 Å². The highest BCUT2D eigenvalue weighted by molar-refractivity contribution is 6.15. The minimum absolute atomic E-state index is 1.10. The van der Waals surface area contributed by atoms with Gasteiger partial charge >= 0.3 is 0 Å². The molecule has 0 saturated heterocycles. The van der Waals surface area contributed by atoms with Crippen LogP contribution in [0.1, 0.15) is 11.1 Å². The van der Waals surface area contributed by atoms with Crippen molar-refractivity contribution in [1.82, 2.24) is 4.57 Å². The van der Waals surface area contributed by atoms with E-state index in [1.54, 1.807) is 0 Å². The largest absolute Gasteiger partial charge is 0.310 e. The Labute approximate surface area is 350 Å². The van der Waals surface area contributed by atoms with Gasteiger partial charge in [0.2, 0.25) is 0 Å². The van der Waals surface area contributed by atoms with Crippen molar-refractivity contribution in [2.75, 3.05) is 4.90 Å². The zero-order chi connectivity index (χ0) is 39.8. The molecule has 282 valence electrons. The van der Waals surface area contributed by atoms with E-state index in [-0.39, 0.29) is 0 Å². The number of hydrogen-bond donors (Lipinski definition) is 0. The fourth-order valence-corrected chi connectivity index (χ4v) is 8.98. The molecule has 11 aromatic rings. The standard InChI is InChI=1S/C58H40N2/c1-4-18-43(19-5-1)56-54-30-16-24-45(57(54)60(58(56)44-20-6-2-7-21-44)50-38-35-42-17-10-11-22-46(42)39-50)34-31-41-32-36-49(37-33-41)59(48-25-8-3-9-26-48)55-40-47-23-12-13-27-51(47)52-28-14-15-29-53(52)55/h1-40H. The average Bonchev–Trinajstić information content (AvgIpc) is 3.68. The molecule has 0 atom stereocenters. The van der Waals surface area contributed by atoms with Gasteiger partial charge in [0.25, 0.3) is 0 Å². The van der Waals surface area contributed by atoms with Gasteiger partial charge in [-0.05, 0) is 91.6 Å². The van der Waals surface area contributed by atoms with Gasteiger partial charge in [-0.1, -0.05) is 200 Å².